The van der Waals surface area contributed by atoms with Gasteiger partial charge in [-0.05, 0) is 25.2 Å². The van der Waals surface area contributed by atoms with E-state index in [1.807, 2.05) is 26.1 Å². The van der Waals surface area contributed by atoms with Crippen LogP contribution in [0.15, 0.2) is 18.3 Å². The average molecular weight is 289 g/mol. The van der Waals surface area contributed by atoms with E-state index in [-0.39, 0.29) is 17.7 Å². The van der Waals surface area contributed by atoms with Gasteiger partial charge in [0.15, 0.2) is 0 Å². The molecule has 1 fully saturated rings. The highest BCUT2D eigenvalue weighted by Crippen LogP contribution is 2.48. The van der Waals surface area contributed by atoms with Crippen LogP contribution in [0, 0.1) is 30.6 Å². The second-order valence-corrected chi connectivity index (χ2v) is 5.93. The van der Waals surface area contributed by atoms with Crippen LogP contribution in [-0.4, -0.2) is 26.8 Å². The van der Waals surface area contributed by atoms with Gasteiger partial charge in [0.1, 0.15) is 0 Å². The standard InChI is InChI=1S/C15H19N3O3/c1-8-11(7-17-18(8)2)6-16-14(19)12-9-3-4-10(5-9)13(12)15(20)21/h3-4,7,9-10,12-13H,5-6H2,1-2H3,(H,16,19)(H,20,21)/t9-,10-,12+,13-/m0/s1. The maximum absolute atomic E-state index is 12.4. The molecule has 2 bridgehead atoms. The molecule has 2 N–H and O–H groups in total. The Labute approximate surface area is 122 Å². The number of carboxylic acid groups (broad SMARTS) is 1. The number of carbonyl (C=O) groups is 2. The van der Waals surface area contributed by atoms with E-state index in [0.29, 0.717) is 6.54 Å². The van der Waals surface area contributed by atoms with E-state index >= 15 is 0 Å². The second-order valence-electron chi connectivity index (χ2n) is 5.93. The third-order valence-electron chi connectivity index (χ3n) is 4.84. The van der Waals surface area contributed by atoms with E-state index in [2.05, 4.69) is 10.4 Å². The van der Waals surface area contributed by atoms with Crippen molar-refractivity contribution in [3.05, 3.63) is 29.6 Å². The molecule has 0 unspecified atom stereocenters. The van der Waals surface area contributed by atoms with Crippen LogP contribution >= 0.6 is 0 Å². The average Bonchev–Trinajstić information content (AvgIpc) is 3.13. The van der Waals surface area contributed by atoms with Crippen LogP contribution in [0.1, 0.15) is 17.7 Å². The molecule has 112 valence electrons. The number of rotatable bonds is 4. The molecule has 6 heteroatoms. The van der Waals surface area contributed by atoms with Gasteiger partial charge in [0.25, 0.3) is 0 Å². The van der Waals surface area contributed by atoms with Gasteiger partial charge in [-0.1, -0.05) is 12.2 Å². The van der Waals surface area contributed by atoms with Crippen LogP contribution < -0.4 is 5.32 Å². The third-order valence-corrected chi connectivity index (χ3v) is 4.84. The normalized spacial score (nSPS) is 29.8. The Bertz CT molecular complexity index is 620. The van der Waals surface area contributed by atoms with Crippen molar-refractivity contribution in [2.45, 2.75) is 19.9 Å². The molecule has 2 aliphatic rings. The van der Waals surface area contributed by atoms with Crippen molar-refractivity contribution in [3.63, 3.8) is 0 Å². The Morgan fingerprint density at radius 3 is 2.62 bits per heavy atom. The molecule has 1 aromatic rings. The first-order chi connectivity index (χ1) is 9.99. The van der Waals surface area contributed by atoms with Crippen LogP contribution in [-0.2, 0) is 23.2 Å². The lowest BCUT2D eigenvalue weighted by Gasteiger charge is -2.23. The number of hydrogen-bond donors (Lipinski definition) is 2. The summed E-state index contributed by atoms with van der Waals surface area (Å²) >= 11 is 0. The van der Waals surface area contributed by atoms with Crippen LogP contribution in [0.25, 0.3) is 0 Å². The van der Waals surface area contributed by atoms with E-state index in [4.69, 9.17) is 0 Å². The minimum absolute atomic E-state index is 0.00313. The van der Waals surface area contributed by atoms with E-state index in [1.165, 1.54) is 0 Å². The van der Waals surface area contributed by atoms with Crippen LogP contribution in [0.5, 0.6) is 0 Å². The molecule has 0 spiro atoms. The zero-order valence-corrected chi connectivity index (χ0v) is 12.1. The Morgan fingerprint density at radius 2 is 2.05 bits per heavy atom. The van der Waals surface area contributed by atoms with Gasteiger partial charge in [0.05, 0.1) is 18.0 Å². The number of carbonyl (C=O) groups excluding carboxylic acids is 1. The molecular formula is C15H19N3O3. The minimum atomic E-state index is -0.871. The number of aliphatic carboxylic acids is 1. The molecule has 4 atom stereocenters. The summed E-state index contributed by atoms with van der Waals surface area (Å²) < 4.78 is 1.75. The number of aryl methyl sites for hydroxylation is 1. The predicted octanol–water partition coefficient (Wildman–Crippen LogP) is 0.868. The molecule has 1 heterocycles. The molecule has 1 aromatic heterocycles. The number of fused-ring (bicyclic) bond motifs is 2. The molecule has 0 radical (unpaired) electrons. The van der Waals surface area contributed by atoms with Gasteiger partial charge in [-0.2, -0.15) is 5.10 Å². The molecule has 3 rings (SSSR count). The van der Waals surface area contributed by atoms with Gasteiger partial charge in [-0.15, -0.1) is 0 Å². The van der Waals surface area contributed by atoms with E-state index < -0.39 is 17.8 Å². The van der Waals surface area contributed by atoms with Gasteiger partial charge >= 0.3 is 5.97 Å². The van der Waals surface area contributed by atoms with Crippen molar-refractivity contribution < 1.29 is 14.7 Å². The first-order valence-electron chi connectivity index (χ1n) is 7.15. The predicted molar refractivity (Wildman–Crippen MR) is 75.1 cm³/mol. The highest BCUT2D eigenvalue weighted by atomic mass is 16.4. The first-order valence-corrected chi connectivity index (χ1v) is 7.15. The number of hydrogen-bond acceptors (Lipinski definition) is 3. The minimum Gasteiger partial charge on any atom is -0.481 e. The summed E-state index contributed by atoms with van der Waals surface area (Å²) in [4.78, 5) is 23.8. The third kappa shape index (κ3) is 2.24. The number of nitrogens with one attached hydrogen (secondary N) is 1. The molecular weight excluding hydrogens is 270 g/mol. The second kappa shape index (κ2) is 5.02. The largest absolute Gasteiger partial charge is 0.481 e. The molecule has 6 nitrogen and oxygen atoms in total. The topological polar surface area (TPSA) is 84.2 Å². The summed E-state index contributed by atoms with van der Waals surface area (Å²) in [5.41, 5.74) is 1.95. The van der Waals surface area contributed by atoms with Crippen molar-refractivity contribution in [1.29, 1.82) is 0 Å². The van der Waals surface area contributed by atoms with Crippen molar-refractivity contribution in [2.24, 2.45) is 30.7 Å². The Balaban J connectivity index is 1.69. The SMILES string of the molecule is Cc1c(CNC(=O)[C@H]2[C@@H](C(=O)O)[C@H]3C=C[C@H]2C3)cnn1C. The fourth-order valence-electron chi connectivity index (χ4n) is 3.53. The monoisotopic (exact) mass is 289 g/mol. The van der Waals surface area contributed by atoms with Crippen molar-refractivity contribution >= 4 is 11.9 Å². The summed E-state index contributed by atoms with van der Waals surface area (Å²) in [6.45, 7) is 2.33. The number of nitrogens with zero attached hydrogens (tertiary/aromatic N) is 2. The Morgan fingerprint density at radius 1 is 1.38 bits per heavy atom. The lowest BCUT2D eigenvalue weighted by Crippen LogP contribution is -2.39. The maximum Gasteiger partial charge on any atom is 0.307 e. The van der Waals surface area contributed by atoms with Gasteiger partial charge in [0.2, 0.25) is 5.91 Å². The van der Waals surface area contributed by atoms with Gasteiger partial charge in [-0.25, -0.2) is 0 Å². The van der Waals surface area contributed by atoms with Gasteiger partial charge < -0.3 is 10.4 Å². The highest BCUT2D eigenvalue weighted by molar-refractivity contribution is 5.86. The van der Waals surface area contributed by atoms with Gasteiger partial charge in [0, 0.05) is 24.8 Å². The summed E-state index contributed by atoms with van der Waals surface area (Å²) in [5, 5.41) is 16.4. The van der Waals surface area contributed by atoms with Crippen molar-refractivity contribution in [2.75, 3.05) is 0 Å². The molecule has 21 heavy (non-hydrogen) atoms. The Kier molecular flexibility index (Phi) is 3.31. The molecule has 0 saturated heterocycles. The molecule has 0 aromatic carbocycles. The summed E-state index contributed by atoms with van der Waals surface area (Å²) in [6, 6.07) is 0. The highest BCUT2D eigenvalue weighted by Gasteiger charge is 2.51. The molecule has 1 amide bonds. The van der Waals surface area contributed by atoms with E-state index in [1.54, 1.807) is 10.9 Å². The van der Waals surface area contributed by atoms with Crippen LogP contribution in [0.3, 0.4) is 0 Å². The van der Waals surface area contributed by atoms with Crippen LogP contribution in [0.4, 0.5) is 0 Å². The maximum atomic E-state index is 12.4. The van der Waals surface area contributed by atoms with Crippen molar-refractivity contribution in [1.82, 2.24) is 15.1 Å². The zero-order valence-electron chi connectivity index (χ0n) is 12.1. The van der Waals surface area contributed by atoms with E-state index in [0.717, 1.165) is 17.7 Å². The summed E-state index contributed by atoms with van der Waals surface area (Å²) in [5.74, 6) is -2.01. The molecule has 1 saturated carbocycles. The summed E-state index contributed by atoms with van der Waals surface area (Å²) in [6.07, 6.45) is 6.44. The van der Waals surface area contributed by atoms with Crippen LogP contribution in [0.2, 0.25) is 0 Å². The number of aromatic nitrogens is 2. The molecule has 0 aliphatic heterocycles. The number of carboxylic acids is 1. The first kappa shape index (κ1) is 13.9. The fraction of sp³-hybridized carbons (Fsp3) is 0.533. The smallest absolute Gasteiger partial charge is 0.307 e. The Hall–Kier alpha value is -2.11. The number of amides is 1. The van der Waals surface area contributed by atoms with Crippen molar-refractivity contribution in [3.8, 4) is 0 Å². The van der Waals surface area contributed by atoms with E-state index in [9.17, 15) is 14.7 Å². The molecule has 2 aliphatic carbocycles. The van der Waals surface area contributed by atoms with Gasteiger partial charge in [-0.3, -0.25) is 14.3 Å². The number of allylic oxidation sites excluding steroid dienone is 2. The summed E-state index contributed by atoms with van der Waals surface area (Å²) in [7, 11) is 1.85. The lowest BCUT2D eigenvalue weighted by atomic mass is 9.82. The zero-order chi connectivity index (χ0) is 15.1. The lowest BCUT2D eigenvalue weighted by molar-refractivity contribution is -0.147. The fourth-order valence-corrected chi connectivity index (χ4v) is 3.53. The quantitative estimate of drug-likeness (QED) is 0.805.